The monoisotopic (exact) mass is 400 g/mol. The molecule has 0 aliphatic carbocycles. The molecule has 2 heterocycles. The molecule has 150 valence electrons. The van der Waals surface area contributed by atoms with Crippen molar-refractivity contribution in [3.63, 3.8) is 0 Å². The predicted octanol–water partition coefficient (Wildman–Crippen LogP) is 3.93. The van der Waals surface area contributed by atoms with Crippen molar-refractivity contribution >= 4 is 34.2 Å². The number of carboxylic acids is 1. The summed E-state index contributed by atoms with van der Waals surface area (Å²) in [6, 6.07) is 22.3. The normalized spacial score (nSPS) is 10.7. The molecule has 0 saturated heterocycles. The number of carboxylic acid groups (broad SMARTS) is 1. The summed E-state index contributed by atoms with van der Waals surface area (Å²) in [4.78, 5) is 28.8. The van der Waals surface area contributed by atoms with E-state index in [9.17, 15) is 9.59 Å². The average molecular weight is 400 g/mol. The van der Waals surface area contributed by atoms with Crippen molar-refractivity contribution in [3.8, 4) is 5.69 Å². The highest BCUT2D eigenvalue weighted by Crippen LogP contribution is 2.28. The van der Waals surface area contributed by atoms with Crippen molar-refractivity contribution < 1.29 is 9.90 Å². The molecule has 0 aliphatic rings. The molecule has 0 bridgehead atoms. The van der Waals surface area contributed by atoms with Crippen LogP contribution in [0.5, 0.6) is 0 Å². The number of hydrogen-bond acceptors (Lipinski definition) is 5. The maximum absolute atomic E-state index is 13.1. The Morgan fingerprint density at radius 2 is 1.70 bits per heavy atom. The van der Waals surface area contributed by atoms with E-state index in [0.717, 1.165) is 11.4 Å². The molecule has 7 heteroatoms. The second kappa shape index (κ2) is 8.08. The van der Waals surface area contributed by atoms with E-state index in [0.29, 0.717) is 28.2 Å². The molecule has 0 amide bonds. The third-order valence-corrected chi connectivity index (χ3v) is 4.59. The number of nitrogens with one attached hydrogen (secondary N) is 2. The molecule has 0 saturated carbocycles. The number of rotatable bonds is 6. The quantitative estimate of drug-likeness (QED) is 0.454. The van der Waals surface area contributed by atoms with Gasteiger partial charge in [-0.1, -0.05) is 36.4 Å². The number of fused-ring (bicyclic) bond motifs is 1. The van der Waals surface area contributed by atoms with Crippen LogP contribution in [0, 0.1) is 6.92 Å². The molecule has 2 aromatic carbocycles. The zero-order valence-corrected chi connectivity index (χ0v) is 16.3. The van der Waals surface area contributed by atoms with Crippen LogP contribution < -0.4 is 16.1 Å². The summed E-state index contributed by atoms with van der Waals surface area (Å²) in [5, 5.41) is 15.5. The average Bonchev–Trinajstić information content (AvgIpc) is 2.73. The lowest BCUT2D eigenvalue weighted by molar-refractivity contribution is -0.134. The molecule has 4 rings (SSSR count). The summed E-state index contributed by atoms with van der Waals surface area (Å²) in [7, 11) is 0. The first-order valence-corrected chi connectivity index (χ1v) is 9.43. The number of aromatic nitrogens is 2. The Kier molecular flexibility index (Phi) is 5.17. The zero-order valence-electron chi connectivity index (χ0n) is 16.3. The Balaban J connectivity index is 2.00. The van der Waals surface area contributed by atoms with Gasteiger partial charge in [0.15, 0.2) is 11.1 Å². The second-order valence-electron chi connectivity index (χ2n) is 6.81. The van der Waals surface area contributed by atoms with E-state index in [2.05, 4.69) is 15.6 Å². The summed E-state index contributed by atoms with van der Waals surface area (Å²) in [5.41, 5.74) is 2.95. The Morgan fingerprint density at radius 1 is 1.03 bits per heavy atom. The topological polar surface area (TPSA) is 96.3 Å². The van der Waals surface area contributed by atoms with Gasteiger partial charge in [-0.05, 0) is 37.3 Å². The van der Waals surface area contributed by atoms with Crippen LogP contribution in [0.25, 0.3) is 16.7 Å². The van der Waals surface area contributed by atoms with Gasteiger partial charge in [-0.2, -0.15) is 0 Å². The summed E-state index contributed by atoms with van der Waals surface area (Å²) >= 11 is 0. The maximum Gasteiger partial charge on any atom is 0.322 e. The molecule has 0 spiro atoms. The standard InChI is InChI=1S/C23H20N4O3/c1-15-12-18(24-14-21(29)30)22-19(28)13-20(26-16-8-4-2-5-9-16)27(23(22)25-15)17-10-6-3-7-11-17/h2-13,26H,14H2,1H3,(H,24,25)(H,29,30). The number of benzene rings is 2. The summed E-state index contributed by atoms with van der Waals surface area (Å²) < 4.78 is 1.86. The fraction of sp³-hybridized carbons (Fsp3) is 0.0870. The molecule has 2 aromatic heterocycles. The van der Waals surface area contributed by atoms with Gasteiger partial charge in [-0.15, -0.1) is 0 Å². The SMILES string of the molecule is Cc1cc(NCC(=O)O)c2c(=O)cc(Nc3ccccc3)n(-c3ccccc3)c2n1. The minimum atomic E-state index is -1.01. The van der Waals surface area contributed by atoms with E-state index in [1.54, 1.807) is 6.07 Å². The van der Waals surface area contributed by atoms with E-state index in [1.165, 1.54) is 6.07 Å². The fourth-order valence-electron chi connectivity index (χ4n) is 3.35. The van der Waals surface area contributed by atoms with Gasteiger partial charge in [0.2, 0.25) is 0 Å². The summed E-state index contributed by atoms with van der Waals surface area (Å²) in [6.45, 7) is 1.51. The molecule has 30 heavy (non-hydrogen) atoms. The van der Waals surface area contributed by atoms with Crippen LogP contribution in [0.4, 0.5) is 17.2 Å². The molecule has 3 N–H and O–H groups in total. The number of nitrogens with zero attached hydrogens (tertiary/aromatic N) is 2. The molecule has 7 nitrogen and oxygen atoms in total. The number of aryl methyl sites for hydroxylation is 1. The minimum Gasteiger partial charge on any atom is -0.480 e. The molecule has 0 aliphatic heterocycles. The lowest BCUT2D eigenvalue weighted by Crippen LogP contribution is -2.18. The van der Waals surface area contributed by atoms with Gasteiger partial charge in [0.25, 0.3) is 0 Å². The lowest BCUT2D eigenvalue weighted by Gasteiger charge is -2.19. The highest BCUT2D eigenvalue weighted by Gasteiger charge is 2.17. The zero-order chi connectivity index (χ0) is 21.1. The van der Waals surface area contributed by atoms with Crippen molar-refractivity contribution in [2.24, 2.45) is 0 Å². The van der Waals surface area contributed by atoms with Gasteiger partial charge >= 0.3 is 5.97 Å². The number of pyridine rings is 2. The van der Waals surface area contributed by atoms with E-state index in [4.69, 9.17) is 5.11 Å². The van der Waals surface area contributed by atoms with Crippen molar-refractivity contribution in [1.82, 2.24) is 9.55 Å². The van der Waals surface area contributed by atoms with Crippen molar-refractivity contribution in [3.05, 3.63) is 88.7 Å². The summed E-state index contributed by atoms with van der Waals surface area (Å²) in [5.74, 6) is -0.449. The highest BCUT2D eigenvalue weighted by molar-refractivity contribution is 5.93. The van der Waals surface area contributed by atoms with Gasteiger partial charge in [0.05, 0.1) is 11.1 Å². The fourth-order valence-corrected chi connectivity index (χ4v) is 3.35. The molecule has 4 aromatic rings. The Labute approximate surface area is 172 Å². The van der Waals surface area contributed by atoms with Crippen LogP contribution in [0.15, 0.2) is 77.6 Å². The van der Waals surface area contributed by atoms with E-state index in [-0.39, 0.29) is 12.0 Å². The van der Waals surface area contributed by atoms with E-state index < -0.39 is 5.97 Å². The van der Waals surface area contributed by atoms with Crippen LogP contribution in [-0.4, -0.2) is 27.2 Å². The summed E-state index contributed by atoms with van der Waals surface area (Å²) in [6.07, 6.45) is 0. The number of hydrogen-bond donors (Lipinski definition) is 3. The largest absolute Gasteiger partial charge is 0.480 e. The first kappa shape index (κ1) is 19.2. The number of para-hydroxylation sites is 2. The molecule has 0 atom stereocenters. The van der Waals surface area contributed by atoms with Crippen molar-refractivity contribution in [1.29, 1.82) is 0 Å². The number of carbonyl (C=O) groups is 1. The Bertz CT molecular complexity index is 1270. The second-order valence-corrected chi connectivity index (χ2v) is 6.81. The van der Waals surface area contributed by atoms with E-state index >= 15 is 0 Å². The smallest absolute Gasteiger partial charge is 0.322 e. The van der Waals surface area contributed by atoms with Crippen molar-refractivity contribution in [2.75, 3.05) is 17.2 Å². The molecular formula is C23H20N4O3. The predicted molar refractivity (Wildman–Crippen MR) is 118 cm³/mol. The van der Waals surface area contributed by atoms with Gasteiger partial charge in [0, 0.05) is 23.1 Å². The first-order chi connectivity index (χ1) is 14.5. The first-order valence-electron chi connectivity index (χ1n) is 9.43. The van der Waals surface area contributed by atoms with Gasteiger partial charge in [-0.25, -0.2) is 4.98 Å². The van der Waals surface area contributed by atoms with E-state index in [1.807, 2.05) is 72.2 Å². The van der Waals surface area contributed by atoms with Gasteiger partial charge in [-0.3, -0.25) is 14.2 Å². The molecule has 0 fully saturated rings. The Morgan fingerprint density at radius 3 is 2.37 bits per heavy atom. The molecule has 0 unspecified atom stereocenters. The minimum absolute atomic E-state index is 0.254. The third-order valence-electron chi connectivity index (χ3n) is 4.59. The van der Waals surface area contributed by atoms with Crippen LogP contribution in [0.3, 0.4) is 0 Å². The highest BCUT2D eigenvalue weighted by atomic mass is 16.4. The Hall–Kier alpha value is -4.13. The number of anilines is 3. The van der Waals surface area contributed by atoms with Gasteiger partial charge in [0.1, 0.15) is 12.4 Å². The lowest BCUT2D eigenvalue weighted by atomic mass is 10.2. The van der Waals surface area contributed by atoms with Crippen LogP contribution in [-0.2, 0) is 4.79 Å². The molecule has 0 radical (unpaired) electrons. The maximum atomic E-state index is 13.1. The number of aliphatic carboxylic acids is 1. The van der Waals surface area contributed by atoms with Crippen LogP contribution >= 0.6 is 0 Å². The van der Waals surface area contributed by atoms with Gasteiger partial charge < -0.3 is 15.7 Å². The molecular weight excluding hydrogens is 380 g/mol. The van der Waals surface area contributed by atoms with Crippen LogP contribution in [0.2, 0.25) is 0 Å². The van der Waals surface area contributed by atoms with Crippen LogP contribution in [0.1, 0.15) is 5.69 Å². The third kappa shape index (κ3) is 3.86. The van der Waals surface area contributed by atoms with Crippen molar-refractivity contribution in [2.45, 2.75) is 6.92 Å².